The van der Waals surface area contributed by atoms with Crippen LogP contribution in [-0.4, -0.2) is 63.3 Å². The number of carbonyl (C=O) groups excluding carboxylic acids is 2. The smallest absolute Gasteiger partial charge is 0.338 e. The third-order valence-electron chi connectivity index (χ3n) is 6.54. The number of aryl methyl sites for hydroxylation is 1. The van der Waals surface area contributed by atoms with E-state index in [1.807, 2.05) is 42.5 Å². The molecule has 0 aromatic heterocycles. The molecule has 1 atom stereocenters. The molecule has 2 aliphatic rings. The van der Waals surface area contributed by atoms with Crippen molar-refractivity contribution in [3.8, 4) is 5.75 Å². The molecule has 0 saturated carbocycles. The van der Waals surface area contributed by atoms with Crippen molar-refractivity contribution in [3.63, 3.8) is 0 Å². The number of methoxy groups -OCH3 is 1. The largest absolute Gasteiger partial charge is 0.497 e. The Kier molecular flexibility index (Phi) is 7.92. The molecule has 2 amide bonds. The standard InChI is InChI=1S/C27H34N4O4/c1-4-19-9-11-20(12-10-19)25-24(26(32)35-5-2)23(28-27(33)29-25)18-30-13-15-31(16-14-30)21-7-6-8-22(17-21)34-3/h6-12,17,25H,4-5,13-16,18H2,1-3H3,(H2,28,29,33). The van der Waals surface area contributed by atoms with E-state index in [1.165, 1.54) is 5.56 Å². The first-order valence-corrected chi connectivity index (χ1v) is 12.2. The van der Waals surface area contributed by atoms with Gasteiger partial charge < -0.3 is 25.0 Å². The van der Waals surface area contributed by atoms with Crippen LogP contribution in [0.1, 0.15) is 31.0 Å². The molecule has 8 heteroatoms. The van der Waals surface area contributed by atoms with E-state index in [4.69, 9.17) is 9.47 Å². The van der Waals surface area contributed by atoms with Gasteiger partial charge in [0, 0.05) is 50.2 Å². The number of hydrogen-bond acceptors (Lipinski definition) is 6. The van der Waals surface area contributed by atoms with Crippen LogP contribution in [0.5, 0.6) is 5.75 Å². The Hall–Kier alpha value is -3.52. The molecule has 2 aromatic carbocycles. The fraction of sp³-hybridized carbons (Fsp3) is 0.407. The predicted octanol–water partition coefficient (Wildman–Crippen LogP) is 3.25. The highest BCUT2D eigenvalue weighted by molar-refractivity contribution is 5.95. The van der Waals surface area contributed by atoms with Gasteiger partial charge in [0.2, 0.25) is 0 Å². The second-order valence-corrected chi connectivity index (χ2v) is 8.70. The summed E-state index contributed by atoms with van der Waals surface area (Å²) in [5, 5.41) is 5.81. The van der Waals surface area contributed by atoms with Gasteiger partial charge in [0.25, 0.3) is 0 Å². The number of anilines is 1. The number of hydrogen-bond donors (Lipinski definition) is 2. The number of carbonyl (C=O) groups is 2. The van der Waals surface area contributed by atoms with Gasteiger partial charge in [-0.1, -0.05) is 37.3 Å². The van der Waals surface area contributed by atoms with Gasteiger partial charge in [-0.25, -0.2) is 9.59 Å². The molecule has 1 unspecified atom stereocenters. The van der Waals surface area contributed by atoms with E-state index in [0.29, 0.717) is 17.8 Å². The molecule has 1 fully saturated rings. The van der Waals surface area contributed by atoms with Crippen LogP contribution in [0.2, 0.25) is 0 Å². The lowest BCUT2D eigenvalue weighted by atomic mass is 9.94. The fourth-order valence-electron chi connectivity index (χ4n) is 4.58. The second kappa shape index (κ2) is 11.3. The quantitative estimate of drug-likeness (QED) is 0.567. The molecule has 2 aliphatic heterocycles. The average molecular weight is 479 g/mol. The second-order valence-electron chi connectivity index (χ2n) is 8.70. The van der Waals surface area contributed by atoms with E-state index in [9.17, 15) is 9.59 Å². The maximum Gasteiger partial charge on any atom is 0.338 e. The third-order valence-corrected chi connectivity index (χ3v) is 6.54. The summed E-state index contributed by atoms with van der Waals surface area (Å²) in [5.41, 5.74) is 4.25. The number of nitrogens with one attached hydrogen (secondary N) is 2. The van der Waals surface area contributed by atoms with Crippen molar-refractivity contribution in [2.45, 2.75) is 26.3 Å². The van der Waals surface area contributed by atoms with Gasteiger partial charge in [-0.2, -0.15) is 0 Å². The number of benzene rings is 2. The minimum atomic E-state index is -0.554. The van der Waals surface area contributed by atoms with E-state index >= 15 is 0 Å². The first-order chi connectivity index (χ1) is 17.0. The van der Waals surface area contributed by atoms with Crippen molar-refractivity contribution < 1.29 is 19.1 Å². The monoisotopic (exact) mass is 478 g/mol. The summed E-state index contributed by atoms with van der Waals surface area (Å²) in [6, 6.07) is 15.2. The Bertz CT molecular complexity index is 1070. The zero-order valence-corrected chi connectivity index (χ0v) is 20.7. The molecule has 186 valence electrons. The first-order valence-electron chi connectivity index (χ1n) is 12.2. The van der Waals surface area contributed by atoms with Gasteiger partial charge in [-0.05, 0) is 36.6 Å². The maximum atomic E-state index is 13.1. The Morgan fingerprint density at radius 2 is 1.80 bits per heavy atom. The lowest BCUT2D eigenvalue weighted by molar-refractivity contribution is -0.139. The molecule has 2 N–H and O–H groups in total. The Balaban J connectivity index is 1.54. The summed E-state index contributed by atoms with van der Waals surface area (Å²) < 4.78 is 10.8. The highest BCUT2D eigenvalue weighted by Gasteiger charge is 2.34. The number of ether oxygens (including phenoxy) is 2. The first kappa shape index (κ1) is 24.6. The molecule has 8 nitrogen and oxygen atoms in total. The highest BCUT2D eigenvalue weighted by atomic mass is 16.5. The number of amides is 2. The molecular weight excluding hydrogens is 444 g/mol. The van der Waals surface area contributed by atoms with Crippen LogP contribution in [-0.2, 0) is 16.0 Å². The zero-order chi connectivity index (χ0) is 24.8. The molecule has 0 radical (unpaired) electrons. The summed E-state index contributed by atoms with van der Waals surface area (Å²) in [6.07, 6.45) is 0.923. The molecule has 4 rings (SSSR count). The lowest BCUT2D eigenvalue weighted by Gasteiger charge is -2.38. The highest BCUT2D eigenvalue weighted by Crippen LogP contribution is 2.29. The van der Waals surface area contributed by atoms with Gasteiger partial charge in [0.05, 0.1) is 25.3 Å². The minimum Gasteiger partial charge on any atom is -0.497 e. The minimum absolute atomic E-state index is 0.268. The molecule has 2 aromatic rings. The van der Waals surface area contributed by atoms with Crippen LogP contribution >= 0.6 is 0 Å². The van der Waals surface area contributed by atoms with Crippen LogP contribution in [0.4, 0.5) is 10.5 Å². The van der Waals surface area contributed by atoms with Crippen molar-refractivity contribution in [2.24, 2.45) is 0 Å². The van der Waals surface area contributed by atoms with Gasteiger partial charge in [0.15, 0.2) is 0 Å². The topological polar surface area (TPSA) is 83.1 Å². The van der Waals surface area contributed by atoms with Gasteiger partial charge >= 0.3 is 12.0 Å². The molecule has 35 heavy (non-hydrogen) atoms. The van der Waals surface area contributed by atoms with Crippen LogP contribution in [0.3, 0.4) is 0 Å². The Labute approximate surface area is 206 Å². The SMILES string of the molecule is CCOC(=O)C1=C(CN2CCN(c3cccc(OC)c3)CC2)NC(=O)NC1c1ccc(CC)cc1. The number of piperazine rings is 1. The molecule has 0 spiro atoms. The van der Waals surface area contributed by atoms with Crippen LogP contribution in [0.15, 0.2) is 59.8 Å². The van der Waals surface area contributed by atoms with Gasteiger partial charge in [-0.3, -0.25) is 4.90 Å². The Morgan fingerprint density at radius 3 is 2.46 bits per heavy atom. The van der Waals surface area contributed by atoms with Crippen LogP contribution in [0.25, 0.3) is 0 Å². The third kappa shape index (κ3) is 5.77. The fourth-order valence-corrected chi connectivity index (χ4v) is 4.58. The number of nitrogens with zero attached hydrogens (tertiary/aromatic N) is 2. The summed E-state index contributed by atoms with van der Waals surface area (Å²) in [6.45, 7) is 7.90. The van der Waals surface area contributed by atoms with E-state index in [0.717, 1.165) is 49.6 Å². The number of urea groups is 1. The van der Waals surface area contributed by atoms with Crippen molar-refractivity contribution in [1.29, 1.82) is 0 Å². The van der Waals surface area contributed by atoms with Crippen molar-refractivity contribution >= 4 is 17.7 Å². The number of rotatable bonds is 8. The summed E-state index contributed by atoms with van der Waals surface area (Å²) >= 11 is 0. The van der Waals surface area contributed by atoms with E-state index < -0.39 is 12.0 Å². The van der Waals surface area contributed by atoms with Gasteiger partial charge in [-0.15, -0.1) is 0 Å². The van der Waals surface area contributed by atoms with Crippen LogP contribution < -0.4 is 20.3 Å². The zero-order valence-electron chi connectivity index (χ0n) is 20.7. The van der Waals surface area contributed by atoms with E-state index in [2.05, 4.69) is 33.4 Å². The summed E-state index contributed by atoms with van der Waals surface area (Å²) in [7, 11) is 1.67. The van der Waals surface area contributed by atoms with Crippen molar-refractivity contribution in [3.05, 3.63) is 70.9 Å². The summed E-state index contributed by atoms with van der Waals surface area (Å²) in [4.78, 5) is 30.2. The Morgan fingerprint density at radius 1 is 1.06 bits per heavy atom. The maximum absolute atomic E-state index is 13.1. The van der Waals surface area contributed by atoms with E-state index in [1.54, 1.807) is 14.0 Å². The lowest BCUT2D eigenvalue weighted by Crippen LogP contribution is -2.51. The van der Waals surface area contributed by atoms with E-state index in [-0.39, 0.29) is 12.6 Å². The van der Waals surface area contributed by atoms with Crippen molar-refractivity contribution in [2.75, 3.05) is 51.3 Å². The van der Waals surface area contributed by atoms with Gasteiger partial charge in [0.1, 0.15) is 5.75 Å². The summed E-state index contributed by atoms with van der Waals surface area (Å²) in [5.74, 6) is 0.430. The molecular formula is C27H34N4O4. The predicted molar refractivity (Wildman–Crippen MR) is 136 cm³/mol. The normalized spacial score (nSPS) is 18.7. The molecule has 2 heterocycles. The van der Waals surface area contributed by atoms with Crippen LogP contribution in [0, 0.1) is 0 Å². The molecule has 0 bridgehead atoms. The molecule has 1 saturated heterocycles. The van der Waals surface area contributed by atoms with Crippen molar-refractivity contribution in [1.82, 2.24) is 15.5 Å². The average Bonchev–Trinajstić information content (AvgIpc) is 2.89. The molecule has 0 aliphatic carbocycles. The number of esters is 1.